The van der Waals surface area contributed by atoms with E-state index in [0.29, 0.717) is 18.7 Å². The lowest BCUT2D eigenvalue weighted by Gasteiger charge is -2.18. The lowest BCUT2D eigenvalue weighted by atomic mass is 10.0. The molecule has 7 heteroatoms. The number of fused-ring (bicyclic) bond motifs is 2. The van der Waals surface area contributed by atoms with Gasteiger partial charge in [-0.1, -0.05) is 37.6 Å². The molecule has 1 amide bonds. The summed E-state index contributed by atoms with van der Waals surface area (Å²) in [5, 5.41) is 5.38. The molecule has 0 aliphatic carbocycles. The fourth-order valence-electron chi connectivity index (χ4n) is 4.88. The van der Waals surface area contributed by atoms with Crippen molar-refractivity contribution in [1.29, 1.82) is 0 Å². The van der Waals surface area contributed by atoms with Gasteiger partial charge in [-0.2, -0.15) is 5.10 Å². The first-order valence-electron chi connectivity index (χ1n) is 12.8. The Morgan fingerprint density at radius 3 is 2.78 bits per heavy atom. The van der Waals surface area contributed by atoms with E-state index in [2.05, 4.69) is 67.1 Å². The minimum absolute atomic E-state index is 0.0135. The quantitative estimate of drug-likeness (QED) is 0.334. The van der Waals surface area contributed by atoms with E-state index in [1.165, 1.54) is 18.4 Å². The Morgan fingerprint density at radius 2 is 2.00 bits per heavy atom. The molecule has 1 aromatic carbocycles. The highest BCUT2D eigenvalue weighted by molar-refractivity contribution is 6.06. The Balaban J connectivity index is 1.53. The van der Waals surface area contributed by atoms with Crippen LogP contribution in [-0.2, 0) is 19.6 Å². The molecule has 36 heavy (non-hydrogen) atoms. The summed E-state index contributed by atoms with van der Waals surface area (Å²) < 4.78 is 1.90. The van der Waals surface area contributed by atoms with Crippen molar-refractivity contribution in [2.45, 2.75) is 59.3 Å². The largest absolute Gasteiger partial charge is 0.328 e. The first-order chi connectivity index (χ1) is 17.4. The van der Waals surface area contributed by atoms with Gasteiger partial charge in [0, 0.05) is 30.9 Å². The molecule has 0 radical (unpaired) electrons. The second kappa shape index (κ2) is 10.2. The molecule has 4 aromatic rings. The van der Waals surface area contributed by atoms with E-state index < -0.39 is 0 Å². The molecule has 0 spiro atoms. The Bertz CT molecular complexity index is 1370. The average Bonchev–Trinajstić information content (AvgIpc) is 3.51. The van der Waals surface area contributed by atoms with Crippen molar-refractivity contribution in [3.63, 3.8) is 0 Å². The van der Waals surface area contributed by atoms with Crippen molar-refractivity contribution in [2.75, 3.05) is 13.6 Å². The van der Waals surface area contributed by atoms with Crippen LogP contribution in [0.4, 0.5) is 0 Å². The summed E-state index contributed by atoms with van der Waals surface area (Å²) in [5.74, 6) is -0.0135. The molecule has 0 unspecified atom stereocenters. The van der Waals surface area contributed by atoms with Gasteiger partial charge in [0.05, 0.1) is 35.1 Å². The van der Waals surface area contributed by atoms with Crippen LogP contribution < -0.4 is 0 Å². The van der Waals surface area contributed by atoms with Crippen molar-refractivity contribution in [3.8, 4) is 11.3 Å². The summed E-state index contributed by atoms with van der Waals surface area (Å²) in [4.78, 5) is 27.5. The molecule has 0 saturated heterocycles. The van der Waals surface area contributed by atoms with Gasteiger partial charge in [-0.3, -0.25) is 9.78 Å². The number of carbonyl (C=O) groups is 1. The van der Waals surface area contributed by atoms with Crippen LogP contribution in [0.3, 0.4) is 0 Å². The molecule has 186 valence electrons. The average molecular weight is 483 g/mol. The van der Waals surface area contributed by atoms with Gasteiger partial charge in [-0.25, -0.2) is 9.67 Å². The molecule has 3 aromatic heterocycles. The summed E-state index contributed by atoms with van der Waals surface area (Å²) in [6, 6.07) is 14.5. The van der Waals surface area contributed by atoms with Gasteiger partial charge in [-0.05, 0) is 63.2 Å². The Kier molecular flexibility index (Phi) is 6.83. The fraction of sp³-hybridized carbons (Fsp3) is 0.379. The Hall–Kier alpha value is -3.58. The van der Waals surface area contributed by atoms with Crippen LogP contribution in [0.25, 0.3) is 22.3 Å². The number of hydrogen-bond acceptors (Lipinski definition) is 5. The van der Waals surface area contributed by atoms with Gasteiger partial charge in [0.2, 0.25) is 0 Å². The molecule has 0 fully saturated rings. The molecule has 7 nitrogen and oxygen atoms in total. The number of pyridine rings is 2. The third kappa shape index (κ3) is 4.75. The summed E-state index contributed by atoms with van der Waals surface area (Å²) in [6.07, 6.45) is 5.94. The third-order valence-electron chi connectivity index (χ3n) is 6.83. The van der Waals surface area contributed by atoms with Crippen LogP contribution in [0, 0.1) is 0 Å². The van der Waals surface area contributed by atoms with Crippen molar-refractivity contribution in [3.05, 3.63) is 77.2 Å². The van der Waals surface area contributed by atoms with Crippen LogP contribution in [0.1, 0.15) is 66.8 Å². The summed E-state index contributed by atoms with van der Waals surface area (Å²) in [5.41, 5.74) is 6.49. The first kappa shape index (κ1) is 24.1. The molecule has 0 saturated carbocycles. The molecule has 0 bridgehead atoms. The highest BCUT2D eigenvalue weighted by Crippen LogP contribution is 2.30. The molecule has 1 aliphatic heterocycles. The van der Waals surface area contributed by atoms with Crippen LogP contribution >= 0.6 is 0 Å². The fourth-order valence-corrected chi connectivity index (χ4v) is 4.88. The molecule has 0 atom stereocenters. The number of rotatable bonds is 8. The van der Waals surface area contributed by atoms with Crippen molar-refractivity contribution in [2.24, 2.45) is 0 Å². The Labute approximate surface area is 212 Å². The predicted octanol–water partition coefficient (Wildman–Crippen LogP) is 5.46. The number of unbranched alkanes of at least 4 members (excludes halogenated alkanes) is 1. The topological polar surface area (TPSA) is 67.2 Å². The van der Waals surface area contributed by atoms with Gasteiger partial charge in [-0.15, -0.1) is 0 Å². The molecular weight excluding hydrogens is 448 g/mol. The zero-order chi connectivity index (χ0) is 25.2. The van der Waals surface area contributed by atoms with E-state index in [4.69, 9.17) is 4.98 Å². The summed E-state index contributed by atoms with van der Waals surface area (Å²) >= 11 is 0. The van der Waals surface area contributed by atoms with Crippen LogP contribution in [0.2, 0.25) is 0 Å². The number of aromatic nitrogens is 4. The van der Waals surface area contributed by atoms with E-state index in [1.54, 1.807) is 12.4 Å². The highest BCUT2D eigenvalue weighted by Gasteiger charge is 2.28. The van der Waals surface area contributed by atoms with Gasteiger partial charge >= 0.3 is 0 Å². The van der Waals surface area contributed by atoms with Crippen LogP contribution in [0.15, 0.2) is 54.9 Å². The normalized spacial score (nSPS) is 13.2. The summed E-state index contributed by atoms with van der Waals surface area (Å²) in [7, 11) is 2.16. The van der Waals surface area contributed by atoms with E-state index in [1.807, 2.05) is 27.8 Å². The zero-order valence-electron chi connectivity index (χ0n) is 21.6. The maximum atomic E-state index is 13.8. The third-order valence-corrected chi connectivity index (χ3v) is 6.83. The zero-order valence-corrected chi connectivity index (χ0v) is 21.6. The highest BCUT2D eigenvalue weighted by atomic mass is 16.2. The number of hydrogen-bond donors (Lipinski definition) is 0. The van der Waals surface area contributed by atoms with Gasteiger partial charge in [0.1, 0.15) is 0 Å². The lowest BCUT2D eigenvalue weighted by molar-refractivity contribution is 0.0752. The standard InChI is InChI=1S/C29H34N6O/c1-5-6-13-33(4)17-21-9-7-10-22(14-21)26-15-24(25-16-31-35(20(2)3)28(25)32-26)29(36)34-18-23-11-8-12-30-27(23)19-34/h7-12,14-16,20H,5-6,13,17-19H2,1-4H3. The van der Waals surface area contributed by atoms with E-state index in [0.717, 1.165) is 46.6 Å². The molecule has 4 heterocycles. The second-order valence-corrected chi connectivity index (χ2v) is 10.0. The Morgan fingerprint density at radius 1 is 1.14 bits per heavy atom. The van der Waals surface area contributed by atoms with Crippen molar-refractivity contribution < 1.29 is 4.79 Å². The predicted molar refractivity (Wildman–Crippen MR) is 142 cm³/mol. The van der Waals surface area contributed by atoms with Crippen molar-refractivity contribution in [1.82, 2.24) is 29.5 Å². The maximum Gasteiger partial charge on any atom is 0.255 e. The molecule has 1 aliphatic rings. The number of nitrogens with zero attached hydrogens (tertiary/aromatic N) is 6. The second-order valence-electron chi connectivity index (χ2n) is 10.0. The minimum Gasteiger partial charge on any atom is -0.328 e. The van der Waals surface area contributed by atoms with Gasteiger partial charge in [0.25, 0.3) is 5.91 Å². The monoisotopic (exact) mass is 482 g/mol. The molecule has 0 N–H and O–H groups in total. The van der Waals surface area contributed by atoms with Crippen LogP contribution in [-0.4, -0.2) is 49.0 Å². The van der Waals surface area contributed by atoms with Crippen molar-refractivity contribution >= 4 is 16.9 Å². The van der Waals surface area contributed by atoms with Crippen LogP contribution in [0.5, 0.6) is 0 Å². The lowest BCUT2D eigenvalue weighted by Crippen LogP contribution is -2.25. The SMILES string of the molecule is CCCCN(C)Cc1cccc(-c2cc(C(=O)N3Cc4cccnc4C3)c3cnn(C(C)C)c3n2)c1. The van der Waals surface area contributed by atoms with Gasteiger partial charge in [0.15, 0.2) is 5.65 Å². The number of amides is 1. The maximum absolute atomic E-state index is 13.8. The molecule has 5 rings (SSSR count). The summed E-state index contributed by atoms with van der Waals surface area (Å²) in [6.45, 7) is 9.42. The van der Waals surface area contributed by atoms with E-state index >= 15 is 0 Å². The number of carbonyl (C=O) groups excluding carboxylic acids is 1. The smallest absolute Gasteiger partial charge is 0.255 e. The van der Waals surface area contributed by atoms with E-state index in [-0.39, 0.29) is 11.9 Å². The number of benzene rings is 1. The molecular formula is C29H34N6O. The minimum atomic E-state index is -0.0135. The first-order valence-corrected chi connectivity index (χ1v) is 12.8. The van der Waals surface area contributed by atoms with E-state index in [9.17, 15) is 4.79 Å². The van der Waals surface area contributed by atoms with Gasteiger partial charge < -0.3 is 9.80 Å².